The largest absolute Gasteiger partial charge is 0.453 e. The van der Waals surface area contributed by atoms with Gasteiger partial charge in [0.25, 0.3) is 0 Å². The first-order chi connectivity index (χ1) is 6.77. The molecule has 3 N–H and O–H groups in total. The second-order valence-electron chi connectivity index (χ2n) is 3.56. The van der Waals surface area contributed by atoms with Crippen LogP contribution >= 0.6 is 0 Å². The van der Waals surface area contributed by atoms with Gasteiger partial charge < -0.3 is 20.7 Å². The molecule has 14 heavy (non-hydrogen) atoms. The second-order valence-corrected chi connectivity index (χ2v) is 3.56. The fourth-order valence-electron chi connectivity index (χ4n) is 1.70. The molecule has 0 saturated carbocycles. The van der Waals surface area contributed by atoms with Crippen LogP contribution in [-0.4, -0.2) is 50.8 Å². The highest BCUT2D eigenvalue weighted by molar-refractivity contribution is 5.67. The van der Waals surface area contributed by atoms with E-state index in [4.69, 9.17) is 5.73 Å². The average molecular weight is 201 g/mol. The number of nitrogens with zero attached hydrogens (tertiary/aromatic N) is 1. The topological polar surface area (TPSA) is 67.6 Å². The fraction of sp³-hybridized carbons (Fsp3) is 0.889. The minimum absolute atomic E-state index is 0.216. The van der Waals surface area contributed by atoms with Gasteiger partial charge in [-0.3, -0.25) is 0 Å². The molecule has 0 radical (unpaired) electrons. The Morgan fingerprint density at radius 1 is 1.71 bits per heavy atom. The number of rotatable bonds is 4. The van der Waals surface area contributed by atoms with Gasteiger partial charge in [0.1, 0.15) is 0 Å². The summed E-state index contributed by atoms with van der Waals surface area (Å²) in [6.45, 7) is 4.04. The molecule has 1 amide bonds. The van der Waals surface area contributed by atoms with Crippen molar-refractivity contribution in [3.63, 3.8) is 0 Å². The third kappa shape index (κ3) is 3.16. The molecule has 5 nitrogen and oxygen atoms in total. The summed E-state index contributed by atoms with van der Waals surface area (Å²) in [5, 5.41) is 3.25. The summed E-state index contributed by atoms with van der Waals surface area (Å²) in [6, 6.07) is 0. The summed E-state index contributed by atoms with van der Waals surface area (Å²) in [4.78, 5) is 12.9. The number of likely N-dealkylation sites (tertiary alicyclic amines) is 1. The lowest BCUT2D eigenvalue weighted by molar-refractivity contribution is 0.131. The van der Waals surface area contributed by atoms with E-state index in [1.54, 1.807) is 4.90 Å². The number of carbonyl (C=O) groups is 1. The maximum Gasteiger partial charge on any atom is 0.409 e. The van der Waals surface area contributed by atoms with Crippen LogP contribution in [0.5, 0.6) is 0 Å². The highest BCUT2D eigenvalue weighted by atomic mass is 16.5. The van der Waals surface area contributed by atoms with Gasteiger partial charge in [0.05, 0.1) is 7.11 Å². The average Bonchev–Trinajstić information content (AvgIpc) is 2.66. The molecule has 1 saturated heterocycles. The van der Waals surface area contributed by atoms with Crippen molar-refractivity contribution in [1.29, 1.82) is 0 Å². The van der Waals surface area contributed by atoms with Gasteiger partial charge in [-0.05, 0) is 18.9 Å². The Morgan fingerprint density at radius 2 is 2.50 bits per heavy atom. The predicted octanol–water partition coefficient (Wildman–Crippen LogP) is -0.377. The van der Waals surface area contributed by atoms with Crippen molar-refractivity contribution < 1.29 is 9.53 Å². The summed E-state index contributed by atoms with van der Waals surface area (Å²) in [5.74, 6) is 0.542. The standard InChI is InChI=1S/C9H19N3O2/c1-14-9(13)12-5-2-8(7-12)6-11-4-3-10/h8,11H,2-7,10H2,1H3. The van der Waals surface area contributed by atoms with Crippen LogP contribution in [0.25, 0.3) is 0 Å². The van der Waals surface area contributed by atoms with E-state index in [1.165, 1.54) is 7.11 Å². The zero-order valence-electron chi connectivity index (χ0n) is 8.66. The van der Waals surface area contributed by atoms with Gasteiger partial charge in [-0.15, -0.1) is 0 Å². The Hall–Kier alpha value is -0.810. The van der Waals surface area contributed by atoms with E-state index < -0.39 is 0 Å². The van der Waals surface area contributed by atoms with Crippen molar-refractivity contribution in [2.75, 3.05) is 39.8 Å². The quantitative estimate of drug-likeness (QED) is 0.609. The third-order valence-electron chi connectivity index (χ3n) is 2.47. The van der Waals surface area contributed by atoms with Crippen LogP contribution in [-0.2, 0) is 4.74 Å². The predicted molar refractivity (Wildman–Crippen MR) is 54.0 cm³/mol. The minimum Gasteiger partial charge on any atom is -0.453 e. The second kappa shape index (κ2) is 5.82. The van der Waals surface area contributed by atoms with Gasteiger partial charge in [-0.2, -0.15) is 0 Å². The molecular weight excluding hydrogens is 182 g/mol. The van der Waals surface area contributed by atoms with Crippen LogP contribution in [0.4, 0.5) is 4.79 Å². The Balaban J connectivity index is 2.17. The summed E-state index contributed by atoms with van der Waals surface area (Å²) >= 11 is 0. The van der Waals surface area contributed by atoms with E-state index in [0.717, 1.165) is 32.6 Å². The van der Waals surface area contributed by atoms with Crippen molar-refractivity contribution in [3.05, 3.63) is 0 Å². The Morgan fingerprint density at radius 3 is 3.14 bits per heavy atom. The number of ether oxygens (including phenoxy) is 1. The molecule has 1 atom stereocenters. The number of hydrogen-bond acceptors (Lipinski definition) is 4. The molecule has 0 spiro atoms. The molecule has 5 heteroatoms. The summed E-state index contributed by atoms with van der Waals surface area (Å²) < 4.78 is 4.65. The Bertz CT molecular complexity index is 187. The Kier molecular flexibility index (Phi) is 4.69. The van der Waals surface area contributed by atoms with E-state index in [-0.39, 0.29) is 6.09 Å². The molecule has 82 valence electrons. The molecule has 1 aliphatic rings. The lowest BCUT2D eigenvalue weighted by atomic mass is 10.1. The van der Waals surface area contributed by atoms with Gasteiger partial charge in [0.15, 0.2) is 0 Å². The van der Waals surface area contributed by atoms with Crippen LogP contribution in [0.3, 0.4) is 0 Å². The van der Waals surface area contributed by atoms with E-state index in [0.29, 0.717) is 12.5 Å². The molecule has 0 bridgehead atoms. The molecule has 1 aliphatic heterocycles. The van der Waals surface area contributed by atoms with E-state index in [9.17, 15) is 4.79 Å². The molecule has 0 aromatic rings. The van der Waals surface area contributed by atoms with Crippen molar-refractivity contribution in [2.45, 2.75) is 6.42 Å². The van der Waals surface area contributed by atoms with E-state index in [1.807, 2.05) is 0 Å². The summed E-state index contributed by atoms with van der Waals surface area (Å²) in [6.07, 6.45) is 0.832. The number of amides is 1. The van der Waals surface area contributed by atoms with Crippen LogP contribution in [0, 0.1) is 5.92 Å². The normalized spacial score (nSPS) is 21.3. The molecule has 1 unspecified atom stereocenters. The van der Waals surface area contributed by atoms with Crippen molar-refractivity contribution >= 4 is 6.09 Å². The highest BCUT2D eigenvalue weighted by Gasteiger charge is 2.25. The number of methoxy groups -OCH3 is 1. The van der Waals surface area contributed by atoms with Crippen LogP contribution in [0.2, 0.25) is 0 Å². The zero-order chi connectivity index (χ0) is 10.4. The molecular formula is C9H19N3O2. The SMILES string of the molecule is COC(=O)N1CCC(CNCCN)C1. The lowest BCUT2D eigenvalue weighted by Crippen LogP contribution is -2.32. The summed E-state index contributed by atoms with van der Waals surface area (Å²) in [5.41, 5.74) is 5.36. The van der Waals surface area contributed by atoms with Crippen LogP contribution < -0.4 is 11.1 Å². The van der Waals surface area contributed by atoms with Gasteiger partial charge in [-0.25, -0.2) is 4.79 Å². The number of hydrogen-bond donors (Lipinski definition) is 2. The first-order valence-electron chi connectivity index (χ1n) is 5.01. The maximum absolute atomic E-state index is 11.2. The van der Waals surface area contributed by atoms with E-state index in [2.05, 4.69) is 10.1 Å². The van der Waals surface area contributed by atoms with Crippen molar-refractivity contribution in [2.24, 2.45) is 11.7 Å². The Labute approximate surface area is 84.6 Å². The van der Waals surface area contributed by atoms with Gasteiger partial charge in [-0.1, -0.05) is 0 Å². The van der Waals surface area contributed by atoms with Gasteiger partial charge >= 0.3 is 6.09 Å². The molecule has 0 aliphatic carbocycles. The molecule has 1 heterocycles. The number of carbonyl (C=O) groups excluding carboxylic acids is 1. The number of nitrogens with two attached hydrogens (primary N) is 1. The zero-order valence-corrected chi connectivity index (χ0v) is 8.66. The first-order valence-corrected chi connectivity index (χ1v) is 5.01. The third-order valence-corrected chi connectivity index (χ3v) is 2.47. The number of nitrogens with one attached hydrogen (secondary N) is 1. The maximum atomic E-state index is 11.2. The lowest BCUT2D eigenvalue weighted by Gasteiger charge is -2.14. The van der Waals surface area contributed by atoms with Crippen molar-refractivity contribution in [3.8, 4) is 0 Å². The smallest absolute Gasteiger partial charge is 0.409 e. The van der Waals surface area contributed by atoms with Crippen LogP contribution in [0.1, 0.15) is 6.42 Å². The molecule has 0 aromatic carbocycles. The summed E-state index contributed by atoms with van der Waals surface area (Å²) in [7, 11) is 1.42. The van der Waals surface area contributed by atoms with Crippen molar-refractivity contribution in [1.82, 2.24) is 10.2 Å². The van der Waals surface area contributed by atoms with Crippen LogP contribution in [0.15, 0.2) is 0 Å². The van der Waals surface area contributed by atoms with Gasteiger partial charge in [0.2, 0.25) is 0 Å². The fourth-order valence-corrected chi connectivity index (χ4v) is 1.70. The molecule has 1 rings (SSSR count). The minimum atomic E-state index is -0.216. The first kappa shape index (κ1) is 11.3. The molecule has 0 aromatic heterocycles. The highest BCUT2D eigenvalue weighted by Crippen LogP contribution is 2.15. The van der Waals surface area contributed by atoms with E-state index >= 15 is 0 Å². The van der Waals surface area contributed by atoms with Gasteiger partial charge in [0, 0.05) is 26.2 Å². The molecule has 1 fully saturated rings. The monoisotopic (exact) mass is 201 g/mol.